The van der Waals surface area contributed by atoms with Gasteiger partial charge >= 0.3 is 0 Å². The van der Waals surface area contributed by atoms with Crippen molar-refractivity contribution in [2.45, 2.75) is 32.2 Å². The molecule has 0 saturated carbocycles. The van der Waals surface area contributed by atoms with Crippen LogP contribution in [0.15, 0.2) is 60.7 Å². The molecule has 2 nitrogen and oxygen atoms in total. The summed E-state index contributed by atoms with van der Waals surface area (Å²) in [4.78, 5) is 0. The second-order valence-electron chi connectivity index (χ2n) is 6.11. The van der Waals surface area contributed by atoms with E-state index in [1.807, 2.05) is 0 Å². The van der Waals surface area contributed by atoms with Gasteiger partial charge in [-0.2, -0.15) is 0 Å². The molecule has 0 spiro atoms. The van der Waals surface area contributed by atoms with Gasteiger partial charge in [0, 0.05) is 18.6 Å². The normalized spacial score (nSPS) is 14.0. The van der Waals surface area contributed by atoms with Crippen LogP contribution in [-0.2, 0) is 0 Å². The molecular formula is C20H27NO. The summed E-state index contributed by atoms with van der Waals surface area (Å²) in [5, 5.41) is 12.7. The van der Waals surface area contributed by atoms with Gasteiger partial charge in [0.2, 0.25) is 0 Å². The fourth-order valence-electron chi connectivity index (χ4n) is 2.92. The third-order valence-corrected chi connectivity index (χ3v) is 4.23. The van der Waals surface area contributed by atoms with E-state index < -0.39 is 0 Å². The zero-order valence-corrected chi connectivity index (χ0v) is 13.6. The first kappa shape index (κ1) is 16.7. The zero-order valence-electron chi connectivity index (χ0n) is 13.6. The number of hydrogen-bond acceptors (Lipinski definition) is 2. The summed E-state index contributed by atoms with van der Waals surface area (Å²) in [7, 11) is 0. The Bertz CT molecular complexity index is 486. The Morgan fingerprint density at radius 2 is 1.36 bits per heavy atom. The first-order valence-electron chi connectivity index (χ1n) is 8.16. The highest BCUT2D eigenvalue weighted by Gasteiger charge is 2.21. The largest absolute Gasteiger partial charge is 0.396 e. The summed E-state index contributed by atoms with van der Waals surface area (Å²) >= 11 is 0. The first-order valence-corrected chi connectivity index (χ1v) is 8.16. The maximum absolute atomic E-state index is 9.04. The standard InChI is InChI=1S/C20H27NO/c1-16(13-14-22)15-21-17(2)20(18-9-5-3-6-10-18)19-11-7-4-8-12-19/h3-12,16-17,20-22H,13-15H2,1-2H3. The number of aliphatic hydroxyl groups is 1. The minimum atomic E-state index is 0.262. The van der Waals surface area contributed by atoms with E-state index in [0.29, 0.717) is 17.9 Å². The molecule has 0 aromatic heterocycles. The van der Waals surface area contributed by atoms with E-state index in [4.69, 9.17) is 5.11 Å². The van der Waals surface area contributed by atoms with Gasteiger partial charge in [-0.15, -0.1) is 0 Å². The molecule has 0 heterocycles. The Labute approximate surface area is 134 Å². The van der Waals surface area contributed by atoms with Gasteiger partial charge in [0.15, 0.2) is 0 Å². The van der Waals surface area contributed by atoms with Gasteiger partial charge in [0.05, 0.1) is 0 Å². The van der Waals surface area contributed by atoms with Crippen molar-refractivity contribution in [3.05, 3.63) is 71.8 Å². The quantitative estimate of drug-likeness (QED) is 0.776. The summed E-state index contributed by atoms with van der Waals surface area (Å²) in [6, 6.07) is 21.7. The Kier molecular flexibility index (Phi) is 6.63. The van der Waals surface area contributed by atoms with Gasteiger partial charge in [-0.1, -0.05) is 67.6 Å². The van der Waals surface area contributed by atoms with Gasteiger partial charge in [-0.05, 0) is 36.9 Å². The summed E-state index contributed by atoms with van der Waals surface area (Å²) < 4.78 is 0. The van der Waals surface area contributed by atoms with Crippen LogP contribution in [0.25, 0.3) is 0 Å². The number of rotatable bonds is 8. The van der Waals surface area contributed by atoms with E-state index in [9.17, 15) is 0 Å². The third kappa shape index (κ3) is 4.69. The monoisotopic (exact) mass is 297 g/mol. The van der Waals surface area contributed by atoms with E-state index in [-0.39, 0.29) is 6.61 Å². The molecule has 2 heteroatoms. The second-order valence-corrected chi connectivity index (χ2v) is 6.11. The molecule has 0 bridgehead atoms. The molecule has 2 unspecified atom stereocenters. The Hall–Kier alpha value is -1.64. The number of nitrogens with one attached hydrogen (secondary N) is 1. The lowest BCUT2D eigenvalue weighted by Crippen LogP contribution is -2.36. The van der Waals surface area contributed by atoms with Crippen LogP contribution in [0.1, 0.15) is 37.3 Å². The lowest BCUT2D eigenvalue weighted by atomic mass is 9.85. The van der Waals surface area contributed by atoms with Crippen molar-refractivity contribution in [1.82, 2.24) is 5.32 Å². The topological polar surface area (TPSA) is 32.3 Å². The molecule has 0 saturated heterocycles. The smallest absolute Gasteiger partial charge is 0.0434 e. The van der Waals surface area contributed by atoms with Crippen LogP contribution in [0.3, 0.4) is 0 Å². The molecule has 2 N–H and O–H groups in total. The molecule has 2 rings (SSSR count). The molecular weight excluding hydrogens is 270 g/mol. The predicted molar refractivity (Wildman–Crippen MR) is 93.1 cm³/mol. The molecule has 2 atom stereocenters. The van der Waals surface area contributed by atoms with Crippen LogP contribution in [0.4, 0.5) is 0 Å². The summed E-state index contributed by atoms with van der Waals surface area (Å²) in [5.74, 6) is 0.823. The fraction of sp³-hybridized carbons (Fsp3) is 0.400. The molecule has 0 aliphatic carbocycles. The molecule has 0 amide bonds. The van der Waals surface area contributed by atoms with Gasteiger partial charge < -0.3 is 10.4 Å². The van der Waals surface area contributed by atoms with Gasteiger partial charge in [0.1, 0.15) is 0 Å². The molecule has 0 fully saturated rings. The second kappa shape index (κ2) is 8.72. The van der Waals surface area contributed by atoms with E-state index >= 15 is 0 Å². The first-order chi connectivity index (χ1) is 10.7. The molecule has 22 heavy (non-hydrogen) atoms. The fourth-order valence-corrected chi connectivity index (χ4v) is 2.92. The third-order valence-electron chi connectivity index (χ3n) is 4.23. The minimum absolute atomic E-state index is 0.262. The van der Waals surface area contributed by atoms with Crippen molar-refractivity contribution in [3.63, 3.8) is 0 Å². The maximum Gasteiger partial charge on any atom is 0.0434 e. The van der Waals surface area contributed by atoms with E-state index in [1.165, 1.54) is 11.1 Å². The van der Waals surface area contributed by atoms with Gasteiger partial charge in [-0.25, -0.2) is 0 Å². The Balaban J connectivity index is 2.14. The van der Waals surface area contributed by atoms with Crippen LogP contribution in [0.2, 0.25) is 0 Å². The van der Waals surface area contributed by atoms with Crippen LogP contribution in [0, 0.1) is 5.92 Å². The van der Waals surface area contributed by atoms with Gasteiger partial charge in [-0.3, -0.25) is 0 Å². The van der Waals surface area contributed by atoms with Crippen molar-refractivity contribution < 1.29 is 5.11 Å². The summed E-state index contributed by atoms with van der Waals surface area (Å²) in [6.45, 7) is 5.61. The summed E-state index contributed by atoms with van der Waals surface area (Å²) in [5.41, 5.74) is 2.67. The average Bonchev–Trinajstić information content (AvgIpc) is 2.55. The highest BCUT2D eigenvalue weighted by atomic mass is 16.3. The van der Waals surface area contributed by atoms with Gasteiger partial charge in [0.25, 0.3) is 0 Å². The highest BCUT2D eigenvalue weighted by Crippen LogP contribution is 2.28. The number of hydrogen-bond donors (Lipinski definition) is 2. The highest BCUT2D eigenvalue weighted by molar-refractivity contribution is 5.34. The molecule has 118 valence electrons. The molecule has 0 aliphatic heterocycles. The van der Waals surface area contributed by atoms with E-state index in [0.717, 1.165) is 13.0 Å². The van der Waals surface area contributed by atoms with E-state index in [2.05, 4.69) is 79.8 Å². The molecule has 2 aromatic carbocycles. The van der Waals surface area contributed by atoms with Crippen LogP contribution in [0.5, 0.6) is 0 Å². The zero-order chi connectivity index (χ0) is 15.8. The predicted octanol–water partition coefficient (Wildman–Crippen LogP) is 3.82. The number of benzene rings is 2. The molecule has 0 radical (unpaired) electrons. The maximum atomic E-state index is 9.04. The Morgan fingerprint density at radius 1 is 0.864 bits per heavy atom. The van der Waals surface area contributed by atoms with Crippen LogP contribution >= 0.6 is 0 Å². The Morgan fingerprint density at radius 3 is 1.82 bits per heavy atom. The minimum Gasteiger partial charge on any atom is -0.396 e. The van der Waals surface area contributed by atoms with Crippen molar-refractivity contribution in [2.24, 2.45) is 5.92 Å². The van der Waals surface area contributed by atoms with Crippen LogP contribution < -0.4 is 5.32 Å². The van der Waals surface area contributed by atoms with Crippen molar-refractivity contribution in [2.75, 3.05) is 13.2 Å². The average molecular weight is 297 g/mol. The SMILES string of the molecule is CC(CCO)CNC(C)C(c1ccccc1)c1ccccc1. The van der Waals surface area contributed by atoms with Crippen molar-refractivity contribution >= 4 is 0 Å². The summed E-state index contributed by atoms with van der Waals surface area (Å²) in [6.07, 6.45) is 0.848. The molecule has 0 aliphatic rings. The van der Waals surface area contributed by atoms with Crippen LogP contribution in [-0.4, -0.2) is 24.3 Å². The number of aliphatic hydroxyl groups excluding tert-OH is 1. The molecule has 2 aromatic rings. The van der Waals surface area contributed by atoms with E-state index in [1.54, 1.807) is 0 Å². The lowest BCUT2D eigenvalue weighted by Gasteiger charge is -2.27. The van der Waals surface area contributed by atoms with Crippen molar-refractivity contribution in [3.8, 4) is 0 Å². The van der Waals surface area contributed by atoms with Crippen molar-refractivity contribution in [1.29, 1.82) is 0 Å². The lowest BCUT2D eigenvalue weighted by molar-refractivity contribution is 0.257.